The van der Waals surface area contributed by atoms with Crippen molar-refractivity contribution in [2.24, 2.45) is 0 Å². The van der Waals surface area contributed by atoms with Gasteiger partial charge in [0.1, 0.15) is 116 Å². The van der Waals surface area contributed by atoms with Gasteiger partial charge in [-0.05, 0) is 218 Å². The molecule has 0 unspecified atom stereocenters. The summed E-state index contributed by atoms with van der Waals surface area (Å²) in [5, 5.41) is 0. The van der Waals surface area contributed by atoms with E-state index in [9.17, 15) is 57.5 Å². The molecule has 0 radical (unpaired) electrons. The van der Waals surface area contributed by atoms with Crippen molar-refractivity contribution >= 4 is 71.6 Å². The third kappa shape index (κ3) is 22.7. The number of hydrogen-bond acceptors (Lipinski definition) is 32. The molecule has 8 aromatic rings. The first-order valence-electron chi connectivity index (χ1n) is 39.9. The zero-order chi connectivity index (χ0) is 91.6. The van der Waals surface area contributed by atoms with Gasteiger partial charge in [0.25, 0.3) is 0 Å². The molecule has 0 saturated carbocycles. The Balaban J connectivity index is 0.000000246. The Bertz CT molecular complexity index is 5500. The number of carbonyl (C=O) groups excluding carboxylic acids is 12. The molecule has 0 bridgehead atoms. The molecule has 4 heterocycles. The van der Waals surface area contributed by atoms with E-state index in [1.54, 1.807) is 113 Å². The third-order valence-corrected chi connectivity index (χ3v) is 19.9. The molecule has 662 valence electrons. The normalized spacial score (nSPS) is 17.3. The van der Waals surface area contributed by atoms with Gasteiger partial charge in [0.05, 0.1) is 75.1 Å². The van der Waals surface area contributed by atoms with Crippen molar-refractivity contribution < 1.29 is 152 Å². The summed E-state index contributed by atoms with van der Waals surface area (Å²) in [5.41, 5.74) is 4.74. The van der Waals surface area contributed by atoms with Gasteiger partial charge in [-0.1, -0.05) is 26.3 Å². The SMILES string of the molecule is C=CC(=O)Oc1cc(C)c(C(=O)Oc2ccc(C(=O)O[C@H]3CO[C@H]4[C@@H]3OC[C@H]4OC(=O)c3ccc(OC(=O)c4cc(C)c(OC(=O)C=C)cc4C)cc3OCC)c(OCC)c2)cc1C.C=CC(=O)Oc1ccc(C(=O)Oc2ccc(C(=O)O[C@@H]3CO[C@H]4[C@@H]3OC[C@@H]4OC(=O)c3ccc(OC(=O)c4cc(C)c(OC(=O)C=C)cc4C)cc3OCC)c(OCC)c2)c(C)c1. The Morgan fingerprint density at radius 2 is 0.480 bits per heavy atom. The Morgan fingerprint density at radius 3 is 0.717 bits per heavy atom. The molecule has 127 heavy (non-hydrogen) atoms. The van der Waals surface area contributed by atoms with Gasteiger partial charge in [0, 0.05) is 48.6 Å². The van der Waals surface area contributed by atoms with Crippen LogP contribution < -0.4 is 56.8 Å². The summed E-state index contributed by atoms with van der Waals surface area (Å²) < 4.78 is 113. The van der Waals surface area contributed by atoms with Crippen molar-refractivity contribution in [1.29, 1.82) is 0 Å². The summed E-state index contributed by atoms with van der Waals surface area (Å²) in [6, 6.07) is 30.6. The molecule has 4 saturated heterocycles. The monoisotopic (exact) mass is 1740 g/mol. The lowest BCUT2D eigenvalue weighted by Crippen LogP contribution is -2.36. The van der Waals surface area contributed by atoms with Crippen LogP contribution in [-0.4, -0.2) is 173 Å². The molecule has 32 nitrogen and oxygen atoms in total. The van der Waals surface area contributed by atoms with E-state index in [4.69, 9.17) is 94.7 Å². The van der Waals surface area contributed by atoms with Gasteiger partial charge < -0.3 is 94.7 Å². The second kappa shape index (κ2) is 42.2. The molecular weight excluding hydrogens is 1650 g/mol. The molecule has 0 spiro atoms. The molecule has 0 N–H and O–H groups in total. The number of ether oxygens (including phenoxy) is 20. The summed E-state index contributed by atoms with van der Waals surface area (Å²) >= 11 is 0. The largest absolute Gasteiger partial charge is 0.493 e. The fourth-order valence-electron chi connectivity index (χ4n) is 13.6. The first-order chi connectivity index (χ1) is 60.9. The number of carbonyl (C=O) groups is 12. The molecule has 4 fully saturated rings. The van der Waals surface area contributed by atoms with Crippen LogP contribution >= 0.6 is 0 Å². The molecular formula is C95H90O32. The minimum Gasteiger partial charge on any atom is -0.493 e. The van der Waals surface area contributed by atoms with Crippen LogP contribution in [0.15, 0.2) is 178 Å². The Labute approximate surface area is 728 Å². The zero-order valence-electron chi connectivity index (χ0n) is 71.1. The van der Waals surface area contributed by atoms with E-state index in [0.29, 0.717) is 38.9 Å². The second-order valence-corrected chi connectivity index (χ2v) is 28.7. The van der Waals surface area contributed by atoms with Crippen LogP contribution in [0.3, 0.4) is 0 Å². The molecule has 12 rings (SSSR count). The van der Waals surface area contributed by atoms with Crippen LogP contribution in [0.2, 0.25) is 0 Å². The summed E-state index contributed by atoms with van der Waals surface area (Å²) in [6.07, 6.45) is -2.39. The lowest BCUT2D eigenvalue weighted by atomic mass is 10.0. The number of benzene rings is 8. The maximum absolute atomic E-state index is 13.5. The molecule has 8 atom stereocenters. The topological polar surface area (TPSA) is 389 Å². The van der Waals surface area contributed by atoms with E-state index < -0.39 is 120 Å². The predicted molar refractivity (Wildman–Crippen MR) is 448 cm³/mol. The van der Waals surface area contributed by atoms with Gasteiger partial charge in [-0.2, -0.15) is 0 Å². The predicted octanol–water partition coefficient (Wildman–Crippen LogP) is 13.5. The van der Waals surface area contributed by atoms with Crippen LogP contribution in [0.25, 0.3) is 0 Å². The molecule has 0 aromatic heterocycles. The van der Waals surface area contributed by atoms with Crippen molar-refractivity contribution in [3.63, 3.8) is 0 Å². The van der Waals surface area contributed by atoms with Crippen LogP contribution in [-0.2, 0) is 57.1 Å². The third-order valence-electron chi connectivity index (χ3n) is 19.9. The van der Waals surface area contributed by atoms with E-state index in [-0.39, 0.29) is 166 Å². The van der Waals surface area contributed by atoms with Gasteiger partial charge in [-0.25, -0.2) is 57.5 Å². The standard InChI is InChI=1S/C48H46O16.C47H44O16/c1-9-41(49)61-35-19-25(5)33(17-27(35)7)47(53)59-29-13-15-31(37(21-29)55-11-3)45(51)63-39-23-57-44-40(24-58-43(39)44)64-46(52)32-16-14-30(22-38(32)56-12-4)60-48(54)34-18-28(8)36(20-26(34)6)62-42(50)10-2;1-8-40(48)58-28-12-15-31(25(5)18-28)44(50)59-29-13-16-32(36(21-29)54-10-3)45(51)62-38-23-56-43-39(24-57-42(38)43)63-46(52)33-17-14-30(22-37(33)55-11-4)60-47(53)34-19-27(7)35(20-26(34)6)61-41(49)9-2/h9-10,13-22,39-40,43-44H,1-2,11-12,23-24H2,3-8H3;8-9,12-22,38-39,42-43H,1-2,10-11,23-24H2,3-7H3/t39-,40+,43-,44-;38-,39+,42-,43-/m11/s1. The van der Waals surface area contributed by atoms with E-state index in [1.165, 1.54) is 91.0 Å². The van der Waals surface area contributed by atoms with E-state index in [2.05, 4.69) is 26.3 Å². The number of hydrogen-bond donors (Lipinski definition) is 0. The number of esters is 12. The summed E-state index contributed by atoms with van der Waals surface area (Å²) in [4.78, 5) is 153. The maximum Gasteiger partial charge on any atom is 0.343 e. The molecule has 8 aromatic carbocycles. The minimum atomic E-state index is -0.869. The highest BCUT2D eigenvalue weighted by molar-refractivity contribution is 5.99. The fraction of sp³-hybridized carbons (Fsp3) is 0.284. The first kappa shape index (κ1) is 93.1. The zero-order valence-corrected chi connectivity index (χ0v) is 71.1. The average molecular weight is 1740 g/mol. The lowest BCUT2D eigenvalue weighted by Gasteiger charge is -2.19. The first-order valence-corrected chi connectivity index (χ1v) is 39.9. The van der Waals surface area contributed by atoms with Crippen LogP contribution in [0, 0.1) is 48.5 Å². The Kier molecular flexibility index (Phi) is 30.9. The maximum atomic E-state index is 13.5. The Hall–Kier alpha value is -14.6. The molecule has 0 amide bonds. The highest BCUT2D eigenvalue weighted by Gasteiger charge is 2.53. The summed E-state index contributed by atoms with van der Waals surface area (Å²) in [7, 11) is 0. The van der Waals surface area contributed by atoms with Crippen LogP contribution in [0.1, 0.15) is 150 Å². The highest BCUT2D eigenvalue weighted by Crippen LogP contribution is 2.39. The summed E-state index contributed by atoms with van der Waals surface area (Å²) in [5.74, 6) is -6.43. The van der Waals surface area contributed by atoms with Crippen LogP contribution in [0.5, 0.6) is 69.0 Å². The fourth-order valence-corrected chi connectivity index (χ4v) is 13.6. The average Bonchev–Trinajstić information content (AvgIpc) is 1.66. The molecule has 4 aliphatic rings. The van der Waals surface area contributed by atoms with Crippen molar-refractivity contribution in [2.45, 2.75) is 125 Å². The smallest absolute Gasteiger partial charge is 0.343 e. The van der Waals surface area contributed by atoms with Gasteiger partial charge in [-0.15, -0.1) is 0 Å². The van der Waals surface area contributed by atoms with Gasteiger partial charge in [-0.3, -0.25) is 0 Å². The van der Waals surface area contributed by atoms with E-state index >= 15 is 0 Å². The van der Waals surface area contributed by atoms with E-state index in [0.717, 1.165) is 24.3 Å². The second-order valence-electron chi connectivity index (χ2n) is 28.7. The number of aryl methyl sites for hydroxylation is 7. The van der Waals surface area contributed by atoms with Crippen molar-refractivity contribution in [3.8, 4) is 69.0 Å². The van der Waals surface area contributed by atoms with Crippen LogP contribution in [0.4, 0.5) is 0 Å². The molecule has 32 heteroatoms. The van der Waals surface area contributed by atoms with Gasteiger partial charge in [0.15, 0.2) is 24.4 Å². The quantitative estimate of drug-likeness (QED) is 0.0163. The molecule has 0 aliphatic carbocycles. The van der Waals surface area contributed by atoms with Gasteiger partial charge in [0.2, 0.25) is 0 Å². The Morgan fingerprint density at radius 1 is 0.260 bits per heavy atom. The number of rotatable bonds is 32. The minimum absolute atomic E-state index is 0.0499. The van der Waals surface area contributed by atoms with Crippen molar-refractivity contribution in [3.05, 3.63) is 261 Å². The van der Waals surface area contributed by atoms with Crippen molar-refractivity contribution in [1.82, 2.24) is 0 Å². The van der Waals surface area contributed by atoms with E-state index in [1.807, 2.05) is 0 Å². The molecule has 4 aliphatic heterocycles. The highest BCUT2D eigenvalue weighted by atomic mass is 16.7. The van der Waals surface area contributed by atoms with Crippen molar-refractivity contribution in [2.75, 3.05) is 52.9 Å². The lowest BCUT2D eigenvalue weighted by molar-refractivity contribution is -0.129. The summed E-state index contributed by atoms with van der Waals surface area (Å²) in [6.45, 7) is 32.6. The van der Waals surface area contributed by atoms with Gasteiger partial charge >= 0.3 is 71.6 Å². The number of fused-ring (bicyclic) bond motifs is 2.